The van der Waals surface area contributed by atoms with Crippen molar-refractivity contribution in [2.24, 2.45) is 5.41 Å². The number of hydrogen-bond acceptors (Lipinski definition) is 3. The summed E-state index contributed by atoms with van der Waals surface area (Å²) in [4.78, 5) is 0. The lowest BCUT2D eigenvalue weighted by Crippen LogP contribution is -2.39. The lowest BCUT2D eigenvalue weighted by atomic mass is 9.73. The Bertz CT molecular complexity index is 454. The maximum absolute atomic E-state index is 6.25. The van der Waals surface area contributed by atoms with E-state index >= 15 is 0 Å². The summed E-state index contributed by atoms with van der Waals surface area (Å²) in [5.74, 6) is 0.776. The molecule has 1 aromatic rings. The molecule has 0 bridgehead atoms. The average Bonchev–Trinajstić information content (AvgIpc) is 2.36. The number of rotatable bonds is 4. The second-order valence-electron chi connectivity index (χ2n) is 6.82. The largest absolute Gasteiger partial charge is 0.489 e. The van der Waals surface area contributed by atoms with Gasteiger partial charge in [-0.05, 0) is 44.2 Å². The minimum Gasteiger partial charge on any atom is -0.489 e. The van der Waals surface area contributed by atoms with Crippen molar-refractivity contribution in [2.75, 3.05) is 11.1 Å². The molecule has 1 aliphatic carbocycles. The Balaban J connectivity index is 2.16. The molecule has 1 saturated carbocycles. The van der Waals surface area contributed by atoms with Gasteiger partial charge >= 0.3 is 0 Å². The number of benzene rings is 1. The van der Waals surface area contributed by atoms with Crippen molar-refractivity contribution in [3.05, 3.63) is 18.2 Å². The van der Waals surface area contributed by atoms with E-state index in [4.69, 9.17) is 10.5 Å². The highest BCUT2D eigenvalue weighted by atomic mass is 16.5. The van der Waals surface area contributed by atoms with Gasteiger partial charge in [-0.3, -0.25) is 0 Å². The fraction of sp³-hybridized carbons (Fsp3) is 0.647. The normalized spacial score (nSPS) is 21.8. The van der Waals surface area contributed by atoms with Crippen LogP contribution in [0.5, 0.6) is 5.75 Å². The van der Waals surface area contributed by atoms with Crippen LogP contribution in [-0.2, 0) is 0 Å². The third-order valence-electron chi connectivity index (χ3n) is 4.27. The molecule has 0 aromatic heterocycles. The highest BCUT2D eigenvalue weighted by molar-refractivity contribution is 5.73. The van der Waals surface area contributed by atoms with E-state index in [0.717, 1.165) is 17.1 Å². The van der Waals surface area contributed by atoms with Crippen LogP contribution in [-0.4, -0.2) is 12.1 Å². The fourth-order valence-corrected chi connectivity index (χ4v) is 2.98. The first-order valence-electron chi connectivity index (χ1n) is 7.72. The van der Waals surface area contributed by atoms with Crippen molar-refractivity contribution < 1.29 is 4.74 Å². The van der Waals surface area contributed by atoms with E-state index in [9.17, 15) is 0 Å². The minimum absolute atomic E-state index is 0.138. The average molecular weight is 276 g/mol. The second-order valence-corrected chi connectivity index (χ2v) is 6.82. The van der Waals surface area contributed by atoms with Crippen molar-refractivity contribution in [2.45, 2.75) is 65.5 Å². The van der Waals surface area contributed by atoms with Gasteiger partial charge < -0.3 is 15.8 Å². The molecule has 0 saturated heterocycles. The Morgan fingerprint density at radius 2 is 2.05 bits per heavy atom. The molecule has 112 valence electrons. The van der Waals surface area contributed by atoms with Gasteiger partial charge in [-0.1, -0.05) is 32.8 Å². The van der Waals surface area contributed by atoms with Gasteiger partial charge in [-0.25, -0.2) is 0 Å². The van der Waals surface area contributed by atoms with Crippen LogP contribution >= 0.6 is 0 Å². The van der Waals surface area contributed by atoms with Crippen LogP contribution in [0.2, 0.25) is 0 Å². The Hall–Kier alpha value is -1.38. The van der Waals surface area contributed by atoms with E-state index < -0.39 is 0 Å². The quantitative estimate of drug-likeness (QED) is 0.799. The van der Waals surface area contributed by atoms with Crippen LogP contribution in [0.1, 0.15) is 53.4 Å². The number of hydrogen-bond donors (Lipinski definition) is 2. The van der Waals surface area contributed by atoms with Gasteiger partial charge in [0.2, 0.25) is 0 Å². The summed E-state index contributed by atoms with van der Waals surface area (Å²) in [6.45, 7) is 8.72. The van der Waals surface area contributed by atoms with Crippen molar-refractivity contribution in [3.8, 4) is 5.75 Å². The summed E-state index contributed by atoms with van der Waals surface area (Å²) < 4.78 is 5.76. The summed E-state index contributed by atoms with van der Waals surface area (Å²) >= 11 is 0. The van der Waals surface area contributed by atoms with Gasteiger partial charge in [0, 0.05) is 6.04 Å². The number of para-hydroxylation sites is 1. The third kappa shape index (κ3) is 3.38. The third-order valence-corrected chi connectivity index (χ3v) is 4.27. The minimum atomic E-state index is 0.138. The molecular weight excluding hydrogens is 248 g/mol. The molecule has 0 amide bonds. The van der Waals surface area contributed by atoms with Gasteiger partial charge in [0.15, 0.2) is 0 Å². The predicted octanol–water partition coefficient (Wildman–Crippen LogP) is 4.44. The molecule has 0 aliphatic heterocycles. The zero-order chi connectivity index (χ0) is 14.8. The van der Waals surface area contributed by atoms with Crippen LogP contribution in [0.15, 0.2) is 18.2 Å². The molecule has 1 fully saturated rings. The maximum atomic E-state index is 6.25. The van der Waals surface area contributed by atoms with Crippen LogP contribution in [0.25, 0.3) is 0 Å². The van der Waals surface area contributed by atoms with E-state index in [0.29, 0.717) is 11.5 Å². The van der Waals surface area contributed by atoms with E-state index in [1.807, 2.05) is 32.0 Å². The van der Waals surface area contributed by atoms with E-state index in [-0.39, 0.29) is 6.10 Å². The highest BCUT2D eigenvalue weighted by Crippen LogP contribution is 2.39. The highest BCUT2D eigenvalue weighted by Gasteiger charge is 2.32. The van der Waals surface area contributed by atoms with Gasteiger partial charge in [-0.15, -0.1) is 0 Å². The molecule has 0 heterocycles. The lowest BCUT2D eigenvalue weighted by Gasteiger charge is -2.40. The molecule has 0 radical (unpaired) electrons. The number of anilines is 2. The topological polar surface area (TPSA) is 47.3 Å². The van der Waals surface area contributed by atoms with E-state index in [1.165, 1.54) is 25.7 Å². The predicted molar refractivity (Wildman–Crippen MR) is 86.3 cm³/mol. The van der Waals surface area contributed by atoms with Gasteiger partial charge in [0.25, 0.3) is 0 Å². The first-order valence-corrected chi connectivity index (χ1v) is 7.72. The molecule has 1 aliphatic rings. The smallest absolute Gasteiger partial charge is 0.144 e. The molecule has 3 nitrogen and oxygen atoms in total. The molecular formula is C17H28N2O. The van der Waals surface area contributed by atoms with Crippen LogP contribution in [0, 0.1) is 5.41 Å². The van der Waals surface area contributed by atoms with Crippen molar-refractivity contribution in [1.82, 2.24) is 0 Å². The number of ether oxygens (including phenoxy) is 1. The van der Waals surface area contributed by atoms with Crippen molar-refractivity contribution in [1.29, 1.82) is 0 Å². The Labute approximate surface area is 122 Å². The van der Waals surface area contributed by atoms with Crippen molar-refractivity contribution >= 4 is 11.4 Å². The maximum Gasteiger partial charge on any atom is 0.144 e. The SMILES string of the molecule is CC(C)Oc1cccc(NC2CCCCC2(C)C)c1N. The number of nitrogens with one attached hydrogen (secondary N) is 1. The van der Waals surface area contributed by atoms with Crippen LogP contribution in [0.4, 0.5) is 11.4 Å². The number of nitrogen functional groups attached to an aromatic ring is 1. The lowest BCUT2D eigenvalue weighted by molar-refractivity contribution is 0.217. The summed E-state index contributed by atoms with van der Waals surface area (Å²) in [6, 6.07) is 6.47. The molecule has 3 heteroatoms. The number of nitrogens with two attached hydrogens (primary N) is 1. The molecule has 0 spiro atoms. The van der Waals surface area contributed by atoms with Gasteiger partial charge in [0.05, 0.1) is 17.5 Å². The fourth-order valence-electron chi connectivity index (χ4n) is 2.98. The summed E-state index contributed by atoms with van der Waals surface area (Å²) in [5, 5.41) is 3.65. The molecule has 1 atom stereocenters. The molecule has 20 heavy (non-hydrogen) atoms. The summed E-state index contributed by atoms with van der Waals surface area (Å²) in [5.41, 5.74) is 8.30. The van der Waals surface area contributed by atoms with Crippen LogP contribution < -0.4 is 15.8 Å². The van der Waals surface area contributed by atoms with Crippen LogP contribution in [0.3, 0.4) is 0 Å². The zero-order valence-electron chi connectivity index (χ0n) is 13.2. The van der Waals surface area contributed by atoms with E-state index in [1.54, 1.807) is 0 Å². The van der Waals surface area contributed by atoms with E-state index in [2.05, 4.69) is 19.2 Å². The Kier molecular flexibility index (Phi) is 4.46. The molecule has 1 aromatic carbocycles. The Morgan fingerprint density at radius 1 is 1.30 bits per heavy atom. The molecule has 3 N–H and O–H groups in total. The van der Waals surface area contributed by atoms with Gasteiger partial charge in [0.1, 0.15) is 5.75 Å². The monoisotopic (exact) mass is 276 g/mol. The summed E-state index contributed by atoms with van der Waals surface area (Å²) in [7, 11) is 0. The van der Waals surface area contributed by atoms with Gasteiger partial charge in [-0.2, -0.15) is 0 Å². The van der Waals surface area contributed by atoms with Crippen molar-refractivity contribution in [3.63, 3.8) is 0 Å². The standard InChI is InChI=1S/C17H28N2O/c1-12(2)20-14-9-7-8-13(16(14)18)19-15-10-5-6-11-17(15,3)4/h7-9,12,15,19H,5-6,10-11,18H2,1-4H3. The molecule has 1 unspecified atom stereocenters. The zero-order valence-corrected chi connectivity index (χ0v) is 13.2. The Morgan fingerprint density at radius 3 is 2.70 bits per heavy atom. The second kappa shape index (κ2) is 5.94. The summed E-state index contributed by atoms with van der Waals surface area (Å²) in [6.07, 6.45) is 5.24. The molecule has 2 rings (SSSR count). The first-order chi connectivity index (χ1) is 9.40. The first kappa shape index (κ1) is 15.0.